The van der Waals surface area contributed by atoms with Crippen LogP contribution in [0.4, 0.5) is 11.4 Å². The zero-order valence-electron chi connectivity index (χ0n) is 15.9. The highest BCUT2D eigenvalue weighted by Gasteiger charge is 2.33. The van der Waals surface area contributed by atoms with Crippen LogP contribution in [0.15, 0.2) is 65.7 Å². The number of amides is 1. The molecule has 0 unspecified atom stereocenters. The van der Waals surface area contributed by atoms with Gasteiger partial charge in [0.2, 0.25) is 5.91 Å². The summed E-state index contributed by atoms with van der Waals surface area (Å²) in [5.74, 6) is 1.80. The number of nitrogens with zero attached hydrogens (tertiary/aromatic N) is 3. The van der Waals surface area contributed by atoms with Gasteiger partial charge in [0.1, 0.15) is 0 Å². The molecule has 2 aromatic rings. The minimum Gasteiger partial charge on any atom is -0.356 e. The molecule has 0 saturated heterocycles. The number of aliphatic imine (C=N–C) groups is 1. The number of carbonyl (C=O) groups excluding carboxylic acids is 1. The molecule has 2 aromatic carbocycles. The fourth-order valence-corrected chi connectivity index (χ4v) is 4.47. The van der Waals surface area contributed by atoms with Crippen LogP contribution in [0.25, 0.3) is 0 Å². The quantitative estimate of drug-likeness (QED) is 0.777. The van der Waals surface area contributed by atoms with Crippen molar-refractivity contribution < 1.29 is 4.79 Å². The Morgan fingerprint density at radius 1 is 1.04 bits per heavy atom. The van der Waals surface area contributed by atoms with E-state index >= 15 is 0 Å². The first-order chi connectivity index (χ1) is 13.2. The van der Waals surface area contributed by atoms with Crippen molar-refractivity contribution in [3.63, 3.8) is 0 Å². The Morgan fingerprint density at radius 2 is 1.67 bits per heavy atom. The first-order valence-electron chi connectivity index (χ1n) is 9.93. The van der Waals surface area contributed by atoms with Crippen LogP contribution >= 0.6 is 0 Å². The molecule has 0 radical (unpaired) electrons. The number of hydrogen-bond donors (Lipinski definition) is 0. The Bertz CT molecular complexity index is 763. The summed E-state index contributed by atoms with van der Waals surface area (Å²) in [4.78, 5) is 22.1. The largest absolute Gasteiger partial charge is 0.356 e. The Balaban J connectivity index is 1.47. The molecule has 1 aliphatic heterocycles. The zero-order valence-corrected chi connectivity index (χ0v) is 15.9. The predicted octanol–water partition coefficient (Wildman–Crippen LogP) is 4.64. The third-order valence-corrected chi connectivity index (χ3v) is 5.79. The standard InChI is InChI=1S/C23H27N3O/c1-18-24-14-15-25(18)22-13-12-19(16-22)17-23(27)26(20-8-4-2-5-9-20)21-10-6-3-7-11-21/h2-11,19,22H,12-17H2,1H3/t19-,22+/m1/s1. The molecule has 0 bridgehead atoms. The van der Waals surface area contributed by atoms with E-state index in [1.807, 2.05) is 65.6 Å². The lowest BCUT2D eigenvalue weighted by atomic mass is 10.0. The van der Waals surface area contributed by atoms with Gasteiger partial charge in [0.25, 0.3) is 0 Å². The molecule has 27 heavy (non-hydrogen) atoms. The lowest BCUT2D eigenvalue weighted by Crippen LogP contribution is -2.35. The molecule has 140 valence electrons. The second kappa shape index (κ2) is 7.95. The summed E-state index contributed by atoms with van der Waals surface area (Å²) < 4.78 is 0. The van der Waals surface area contributed by atoms with E-state index in [2.05, 4.69) is 16.8 Å². The van der Waals surface area contributed by atoms with Gasteiger partial charge in [0, 0.05) is 30.4 Å². The van der Waals surface area contributed by atoms with Gasteiger partial charge in [-0.2, -0.15) is 0 Å². The fourth-order valence-electron chi connectivity index (χ4n) is 4.47. The Hall–Kier alpha value is -2.62. The molecule has 4 heteroatoms. The first-order valence-corrected chi connectivity index (χ1v) is 9.93. The number of carbonyl (C=O) groups is 1. The van der Waals surface area contributed by atoms with Crippen LogP contribution in [-0.2, 0) is 4.79 Å². The molecule has 0 spiro atoms. The van der Waals surface area contributed by atoms with Gasteiger partial charge in [-0.3, -0.25) is 14.7 Å². The molecule has 4 rings (SSSR count). The Labute approximate surface area is 161 Å². The molecule has 2 aliphatic rings. The maximum atomic E-state index is 13.3. The number of amidine groups is 1. The van der Waals surface area contributed by atoms with E-state index in [1.54, 1.807) is 0 Å². The molecular weight excluding hydrogens is 334 g/mol. The van der Waals surface area contributed by atoms with Crippen molar-refractivity contribution in [3.8, 4) is 0 Å². The summed E-state index contributed by atoms with van der Waals surface area (Å²) in [6.07, 6.45) is 3.99. The summed E-state index contributed by atoms with van der Waals surface area (Å²) >= 11 is 0. The van der Waals surface area contributed by atoms with Crippen molar-refractivity contribution in [1.29, 1.82) is 0 Å². The van der Waals surface area contributed by atoms with Crippen LogP contribution in [0.2, 0.25) is 0 Å². The van der Waals surface area contributed by atoms with E-state index < -0.39 is 0 Å². The van der Waals surface area contributed by atoms with Crippen molar-refractivity contribution in [2.24, 2.45) is 10.9 Å². The summed E-state index contributed by atoms with van der Waals surface area (Å²) in [6, 6.07) is 20.5. The van der Waals surface area contributed by atoms with Crippen LogP contribution in [0.3, 0.4) is 0 Å². The number of hydrogen-bond acceptors (Lipinski definition) is 3. The third kappa shape index (κ3) is 3.90. The highest BCUT2D eigenvalue weighted by Crippen LogP contribution is 2.35. The van der Waals surface area contributed by atoms with Crippen LogP contribution in [0, 0.1) is 5.92 Å². The zero-order chi connectivity index (χ0) is 18.6. The van der Waals surface area contributed by atoms with Gasteiger partial charge >= 0.3 is 0 Å². The average molecular weight is 361 g/mol. The van der Waals surface area contributed by atoms with Crippen LogP contribution in [0.1, 0.15) is 32.6 Å². The van der Waals surface area contributed by atoms with Crippen LogP contribution in [-0.4, -0.2) is 35.8 Å². The van der Waals surface area contributed by atoms with Gasteiger partial charge in [-0.25, -0.2) is 0 Å². The van der Waals surface area contributed by atoms with E-state index in [0.717, 1.165) is 37.3 Å². The maximum absolute atomic E-state index is 13.3. The molecule has 0 N–H and O–H groups in total. The highest BCUT2D eigenvalue weighted by molar-refractivity contribution is 6.00. The number of anilines is 2. The minimum absolute atomic E-state index is 0.185. The normalized spacial score (nSPS) is 22.0. The minimum atomic E-state index is 0.185. The lowest BCUT2D eigenvalue weighted by Gasteiger charge is -2.27. The van der Waals surface area contributed by atoms with Gasteiger partial charge < -0.3 is 4.90 Å². The van der Waals surface area contributed by atoms with Crippen molar-refractivity contribution in [2.75, 3.05) is 18.0 Å². The van der Waals surface area contributed by atoms with Gasteiger partial charge in [-0.1, -0.05) is 36.4 Å². The maximum Gasteiger partial charge on any atom is 0.231 e. The Morgan fingerprint density at radius 3 is 2.22 bits per heavy atom. The van der Waals surface area contributed by atoms with E-state index in [4.69, 9.17) is 0 Å². The monoisotopic (exact) mass is 361 g/mol. The first kappa shape index (κ1) is 17.8. The van der Waals surface area contributed by atoms with Crippen LogP contribution in [0.5, 0.6) is 0 Å². The SMILES string of the molecule is CC1=NCCN1[C@H]1CC[C@@H](CC(=O)N(c2ccccc2)c2ccccc2)C1. The highest BCUT2D eigenvalue weighted by atomic mass is 16.2. The Kier molecular flexibility index (Phi) is 5.23. The molecule has 1 amide bonds. The van der Waals surface area contributed by atoms with E-state index in [-0.39, 0.29) is 5.91 Å². The van der Waals surface area contributed by atoms with Gasteiger partial charge in [-0.15, -0.1) is 0 Å². The van der Waals surface area contributed by atoms with E-state index in [0.29, 0.717) is 18.4 Å². The summed E-state index contributed by atoms with van der Waals surface area (Å²) in [5.41, 5.74) is 1.87. The van der Waals surface area contributed by atoms with Crippen molar-refractivity contribution in [2.45, 2.75) is 38.6 Å². The number of para-hydroxylation sites is 2. The molecule has 1 fully saturated rings. The molecule has 1 heterocycles. The van der Waals surface area contributed by atoms with Crippen molar-refractivity contribution in [3.05, 3.63) is 60.7 Å². The van der Waals surface area contributed by atoms with Gasteiger partial charge in [-0.05, 0) is 56.4 Å². The second-order valence-corrected chi connectivity index (χ2v) is 7.56. The van der Waals surface area contributed by atoms with Crippen molar-refractivity contribution in [1.82, 2.24) is 4.90 Å². The van der Waals surface area contributed by atoms with Gasteiger partial charge in [0.15, 0.2) is 0 Å². The molecule has 1 aliphatic carbocycles. The smallest absolute Gasteiger partial charge is 0.231 e. The van der Waals surface area contributed by atoms with Crippen LogP contribution < -0.4 is 4.90 Å². The summed E-state index contributed by atoms with van der Waals surface area (Å²) in [6.45, 7) is 4.07. The second-order valence-electron chi connectivity index (χ2n) is 7.56. The molecule has 4 nitrogen and oxygen atoms in total. The lowest BCUT2D eigenvalue weighted by molar-refractivity contribution is -0.118. The average Bonchev–Trinajstić information content (AvgIpc) is 3.32. The predicted molar refractivity (Wildman–Crippen MR) is 110 cm³/mol. The van der Waals surface area contributed by atoms with E-state index in [1.165, 1.54) is 12.3 Å². The molecule has 0 aromatic heterocycles. The molecule has 2 atom stereocenters. The fraction of sp³-hybridized carbons (Fsp3) is 0.391. The third-order valence-electron chi connectivity index (χ3n) is 5.79. The summed E-state index contributed by atoms with van der Waals surface area (Å²) in [7, 11) is 0. The molecular formula is C23H27N3O. The number of benzene rings is 2. The summed E-state index contributed by atoms with van der Waals surface area (Å²) in [5, 5.41) is 0. The van der Waals surface area contributed by atoms with E-state index in [9.17, 15) is 4.79 Å². The van der Waals surface area contributed by atoms with Gasteiger partial charge in [0.05, 0.1) is 12.4 Å². The van der Waals surface area contributed by atoms with Crippen molar-refractivity contribution >= 4 is 23.1 Å². The topological polar surface area (TPSA) is 35.9 Å². The molecule has 1 saturated carbocycles. The number of rotatable bonds is 5.